The van der Waals surface area contributed by atoms with Crippen molar-refractivity contribution in [2.75, 3.05) is 17.3 Å². The third-order valence-corrected chi connectivity index (χ3v) is 2.84. The normalized spacial score (nSPS) is 19.1. The first kappa shape index (κ1) is 9.06. The van der Waals surface area contributed by atoms with Crippen LogP contribution in [0.1, 0.15) is 11.1 Å². The molecule has 0 radical (unpaired) electrons. The second-order valence-corrected chi connectivity index (χ2v) is 3.79. The molecule has 3 nitrogen and oxygen atoms in total. The number of likely N-dealkylation sites (N-methyl/N-ethyl adjacent to an activating group) is 1. The lowest BCUT2D eigenvalue weighted by Gasteiger charge is -2.16. The Labute approximate surface area is 83.7 Å². The number of nitrogens with one attached hydrogen (secondary N) is 1. The Hall–Kier alpha value is -1.51. The van der Waals surface area contributed by atoms with Crippen LogP contribution in [-0.2, 0) is 4.79 Å². The number of carbonyl (C=O) groups is 1. The second-order valence-electron chi connectivity index (χ2n) is 3.79. The maximum atomic E-state index is 10.8. The van der Waals surface area contributed by atoms with Crippen LogP contribution in [0.4, 0.5) is 11.4 Å². The smallest absolute Gasteiger partial charge is 0.162 e. The van der Waals surface area contributed by atoms with Gasteiger partial charge in [0.2, 0.25) is 0 Å². The molecule has 0 amide bonds. The van der Waals surface area contributed by atoms with Gasteiger partial charge in [-0.15, -0.1) is 0 Å². The highest BCUT2D eigenvalue weighted by atomic mass is 16.1. The summed E-state index contributed by atoms with van der Waals surface area (Å²) in [5.74, 6) is 0. The number of fused-ring (bicyclic) bond motifs is 1. The van der Waals surface area contributed by atoms with Gasteiger partial charge in [-0.3, -0.25) is 4.79 Å². The monoisotopic (exact) mass is 190 g/mol. The van der Waals surface area contributed by atoms with Crippen molar-refractivity contribution in [1.29, 1.82) is 0 Å². The van der Waals surface area contributed by atoms with Crippen molar-refractivity contribution in [2.45, 2.75) is 20.0 Å². The summed E-state index contributed by atoms with van der Waals surface area (Å²) in [6.07, 6.45) is 0.705. The van der Waals surface area contributed by atoms with Gasteiger partial charge in [-0.1, -0.05) is 0 Å². The summed E-state index contributed by atoms with van der Waals surface area (Å²) in [6, 6.07) is 4.20. The van der Waals surface area contributed by atoms with Crippen LogP contribution in [0, 0.1) is 13.8 Å². The van der Waals surface area contributed by atoms with Gasteiger partial charge in [0.1, 0.15) is 0 Å². The number of hydrogen-bond acceptors (Lipinski definition) is 3. The zero-order valence-corrected chi connectivity index (χ0v) is 8.66. The van der Waals surface area contributed by atoms with E-state index in [9.17, 15) is 4.79 Å². The van der Waals surface area contributed by atoms with E-state index < -0.39 is 0 Å². The molecule has 2 rings (SSSR count). The first-order valence-electron chi connectivity index (χ1n) is 4.69. The molecule has 1 aliphatic heterocycles. The number of hydrogen-bond donors (Lipinski definition) is 1. The molecule has 0 spiro atoms. The number of benzene rings is 1. The van der Waals surface area contributed by atoms with E-state index in [1.165, 1.54) is 11.1 Å². The molecule has 0 bridgehead atoms. The summed E-state index contributed by atoms with van der Waals surface area (Å²) in [5, 5.41) is 3.16. The van der Waals surface area contributed by atoms with Crippen molar-refractivity contribution >= 4 is 17.7 Å². The summed E-state index contributed by atoms with van der Waals surface area (Å²) in [6.45, 7) is 4.16. The standard InChI is InChI=1S/C11H14N2O/c1-7-4-9-10(5-8(7)2)13(3)11(6-14)12-9/h4-6,11-12H,1-3H3. The quantitative estimate of drug-likeness (QED) is 0.684. The SMILES string of the molecule is Cc1cc2c(cc1C)N(C)C(C=O)N2. The zero-order chi connectivity index (χ0) is 10.3. The highest BCUT2D eigenvalue weighted by Gasteiger charge is 2.25. The first-order valence-corrected chi connectivity index (χ1v) is 4.69. The summed E-state index contributed by atoms with van der Waals surface area (Å²) >= 11 is 0. The summed E-state index contributed by atoms with van der Waals surface area (Å²) in [4.78, 5) is 12.7. The van der Waals surface area contributed by atoms with Crippen LogP contribution in [0.3, 0.4) is 0 Å². The number of rotatable bonds is 1. The van der Waals surface area contributed by atoms with Crippen molar-refractivity contribution < 1.29 is 4.79 Å². The van der Waals surface area contributed by atoms with Crippen molar-refractivity contribution in [3.63, 3.8) is 0 Å². The maximum absolute atomic E-state index is 10.8. The molecule has 1 heterocycles. The Kier molecular flexibility index (Phi) is 1.95. The van der Waals surface area contributed by atoms with Crippen LogP contribution in [0.25, 0.3) is 0 Å². The fourth-order valence-electron chi connectivity index (χ4n) is 1.74. The molecule has 74 valence electrons. The number of aryl methyl sites for hydroxylation is 2. The molecule has 0 fully saturated rings. The molecule has 0 saturated heterocycles. The van der Waals surface area contributed by atoms with E-state index >= 15 is 0 Å². The minimum Gasteiger partial charge on any atom is -0.358 e. The Morgan fingerprint density at radius 1 is 1.36 bits per heavy atom. The van der Waals surface area contributed by atoms with Gasteiger partial charge in [0.25, 0.3) is 0 Å². The van der Waals surface area contributed by atoms with Crippen LogP contribution in [0.5, 0.6) is 0 Å². The average molecular weight is 190 g/mol. The molecule has 1 aliphatic rings. The van der Waals surface area contributed by atoms with Gasteiger partial charge >= 0.3 is 0 Å². The molecule has 1 N–H and O–H groups in total. The molecule has 0 aliphatic carbocycles. The van der Waals surface area contributed by atoms with Gasteiger partial charge in [-0.05, 0) is 37.1 Å². The summed E-state index contributed by atoms with van der Waals surface area (Å²) < 4.78 is 0. The lowest BCUT2D eigenvalue weighted by Crippen LogP contribution is -2.33. The van der Waals surface area contributed by atoms with Crippen molar-refractivity contribution in [3.8, 4) is 0 Å². The number of nitrogens with zero attached hydrogens (tertiary/aromatic N) is 1. The molecule has 0 aromatic heterocycles. The first-order chi connectivity index (χ1) is 6.63. The van der Waals surface area contributed by atoms with Gasteiger partial charge in [0, 0.05) is 7.05 Å². The molecule has 1 atom stereocenters. The van der Waals surface area contributed by atoms with Crippen LogP contribution in [0.2, 0.25) is 0 Å². The molecular weight excluding hydrogens is 176 g/mol. The fraction of sp³-hybridized carbons (Fsp3) is 0.364. The highest BCUT2D eigenvalue weighted by Crippen LogP contribution is 2.34. The summed E-state index contributed by atoms with van der Waals surface area (Å²) in [7, 11) is 1.92. The average Bonchev–Trinajstić information content (AvgIpc) is 2.45. The van der Waals surface area contributed by atoms with E-state index in [-0.39, 0.29) is 6.17 Å². The van der Waals surface area contributed by atoms with Crippen molar-refractivity contribution in [2.24, 2.45) is 0 Å². The number of anilines is 2. The van der Waals surface area contributed by atoms with E-state index in [0.29, 0.717) is 0 Å². The Bertz CT molecular complexity index is 387. The van der Waals surface area contributed by atoms with E-state index in [1.807, 2.05) is 11.9 Å². The fourth-order valence-corrected chi connectivity index (χ4v) is 1.74. The second kappa shape index (κ2) is 3.01. The van der Waals surface area contributed by atoms with Gasteiger partial charge in [-0.2, -0.15) is 0 Å². The predicted molar refractivity (Wildman–Crippen MR) is 57.8 cm³/mol. The largest absolute Gasteiger partial charge is 0.358 e. The molecule has 1 unspecified atom stereocenters. The topological polar surface area (TPSA) is 32.3 Å². The molecule has 0 saturated carbocycles. The van der Waals surface area contributed by atoms with Crippen LogP contribution < -0.4 is 10.2 Å². The maximum Gasteiger partial charge on any atom is 0.162 e. The van der Waals surface area contributed by atoms with Crippen molar-refractivity contribution in [3.05, 3.63) is 23.3 Å². The molecule has 1 aromatic carbocycles. The van der Waals surface area contributed by atoms with Gasteiger partial charge in [-0.25, -0.2) is 0 Å². The Morgan fingerprint density at radius 3 is 2.64 bits per heavy atom. The van der Waals surface area contributed by atoms with E-state index in [0.717, 1.165) is 17.7 Å². The lowest BCUT2D eigenvalue weighted by atomic mass is 10.1. The zero-order valence-electron chi connectivity index (χ0n) is 8.66. The third-order valence-electron chi connectivity index (χ3n) is 2.84. The Balaban J connectivity index is 2.49. The number of aldehydes is 1. The van der Waals surface area contributed by atoms with Gasteiger partial charge in [0.15, 0.2) is 12.5 Å². The third kappa shape index (κ3) is 1.16. The van der Waals surface area contributed by atoms with Crippen LogP contribution >= 0.6 is 0 Å². The highest BCUT2D eigenvalue weighted by molar-refractivity contribution is 5.85. The van der Waals surface area contributed by atoms with Crippen LogP contribution in [0.15, 0.2) is 12.1 Å². The molecule has 14 heavy (non-hydrogen) atoms. The van der Waals surface area contributed by atoms with Crippen molar-refractivity contribution in [1.82, 2.24) is 0 Å². The summed E-state index contributed by atoms with van der Waals surface area (Å²) in [5.41, 5.74) is 4.65. The molecular formula is C11H14N2O. The lowest BCUT2D eigenvalue weighted by molar-refractivity contribution is -0.108. The van der Waals surface area contributed by atoms with Gasteiger partial charge < -0.3 is 10.2 Å². The minimum atomic E-state index is -0.216. The molecule has 3 heteroatoms. The van der Waals surface area contributed by atoms with E-state index in [4.69, 9.17) is 0 Å². The van der Waals surface area contributed by atoms with Crippen LogP contribution in [-0.4, -0.2) is 19.5 Å². The van der Waals surface area contributed by atoms with Gasteiger partial charge in [0.05, 0.1) is 11.4 Å². The number of carbonyl (C=O) groups excluding carboxylic acids is 1. The molecule has 1 aromatic rings. The minimum absolute atomic E-state index is 0.216. The Morgan fingerprint density at radius 2 is 2.00 bits per heavy atom. The van der Waals surface area contributed by atoms with E-state index in [2.05, 4.69) is 31.3 Å². The predicted octanol–water partition coefficient (Wildman–Crippen LogP) is 1.69. The van der Waals surface area contributed by atoms with E-state index in [1.54, 1.807) is 0 Å².